The monoisotopic (exact) mass is 499 g/mol. The van der Waals surface area contributed by atoms with E-state index >= 15 is 4.39 Å². The molecule has 2 aromatic rings. The molecule has 1 aromatic heterocycles. The average Bonchev–Trinajstić information content (AvgIpc) is 3.49. The van der Waals surface area contributed by atoms with Crippen molar-refractivity contribution in [2.75, 3.05) is 30.4 Å². The highest BCUT2D eigenvalue weighted by molar-refractivity contribution is 6.01. The number of nitrogens with one attached hydrogen (secondary N) is 3. The molecule has 5 rings (SSSR count). The molecule has 1 aliphatic carbocycles. The Morgan fingerprint density at radius 2 is 1.94 bits per heavy atom. The van der Waals surface area contributed by atoms with E-state index in [1.165, 1.54) is 6.07 Å². The molecule has 1 saturated heterocycles. The van der Waals surface area contributed by atoms with Crippen LogP contribution < -0.4 is 16.0 Å². The number of carbonyl (C=O) groups is 2. The Kier molecular flexibility index (Phi) is 6.96. The summed E-state index contributed by atoms with van der Waals surface area (Å²) in [6, 6.07) is 2.40. The number of benzene rings is 1. The number of rotatable bonds is 6. The van der Waals surface area contributed by atoms with Crippen LogP contribution in [0.15, 0.2) is 16.8 Å². The highest BCUT2D eigenvalue weighted by Crippen LogP contribution is 2.46. The SMILES string of the molecule is CCc1nonc1C(=O)NC(C(=O)Nc1cc(F)c2c(c1)NCC21CCOCC1)C1CCC(C)CC1. The molecule has 194 valence electrons. The Hall–Kier alpha value is -3.01. The van der Waals surface area contributed by atoms with E-state index in [2.05, 4.69) is 33.2 Å². The van der Waals surface area contributed by atoms with Gasteiger partial charge in [-0.3, -0.25) is 9.59 Å². The van der Waals surface area contributed by atoms with Crippen LogP contribution in [0.1, 0.15) is 74.1 Å². The number of aromatic nitrogens is 2. The third-order valence-electron chi connectivity index (χ3n) is 8.16. The summed E-state index contributed by atoms with van der Waals surface area (Å²) < 4.78 is 25.6. The van der Waals surface area contributed by atoms with Crippen LogP contribution in [0.4, 0.5) is 15.8 Å². The molecule has 1 unspecified atom stereocenters. The summed E-state index contributed by atoms with van der Waals surface area (Å²) in [5, 5.41) is 16.6. The molecule has 2 fully saturated rings. The lowest BCUT2D eigenvalue weighted by Gasteiger charge is -2.33. The summed E-state index contributed by atoms with van der Waals surface area (Å²) in [6.45, 7) is 5.93. The lowest BCUT2D eigenvalue weighted by Crippen LogP contribution is -2.49. The maximum absolute atomic E-state index is 15.4. The summed E-state index contributed by atoms with van der Waals surface area (Å²) in [7, 11) is 0. The van der Waals surface area contributed by atoms with Crippen molar-refractivity contribution in [1.29, 1.82) is 0 Å². The normalized spacial score (nSPS) is 23.5. The van der Waals surface area contributed by atoms with Gasteiger partial charge < -0.3 is 20.7 Å². The van der Waals surface area contributed by atoms with Gasteiger partial charge in [-0.25, -0.2) is 9.02 Å². The van der Waals surface area contributed by atoms with Gasteiger partial charge in [-0.15, -0.1) is 0 Å². The predicted molar refractivity (Wildman–Crippen MR) is 131 cm³/mol. The number of carbonyl (C=O) groups excluding carboxylic acids is 2. The molecule has 2 amide bonds. The fourth-order valence-corrected chi connectivity index (χ4v) is 5.96. The van der Waals surface area contributed by atoms with Crippen LogP contribution in [0.2, 0.25) is 0 Å². The summed E-state index contributed by atoms with van der Waals surface area (Å²) >= 11 is 0. The number of nitrogens with zero attached hydrogens (tertiary/aromatic N) is 2. The van der Waals surface area contributed by atoms with Crippen LogP contribution in [-0.4, -0.2) is 47.9 Å². The molecule has 9 nitrogen and oxygen atoms in total. The smallest absolute Gasteiger partial charge is 0.276 e. The number of fused-ring (bicyclic) bond motifs is 2. The number of halogens is 1. The lowest BCUT2D eigenvalue weighted by molar-refractivity contribution is -0.119. The third-order valence-corrected chi connectivity index (χ3v) is 8.16. The molecule has 1 aromatic carbocycles. The van der Waals surface area contributed by atoms with Crippen molar-refractivity contribution in [2.24, 2.45) is 11.8 Å². The second kappa shape index (κ2) is 10.2. The summed E-state index contributed by atoms with van der Waals surface area (Å²) in [4.78, 5) is 26.5. The predicted octanol–water partition coefficient (Wildman–Crippen LogP) is 3.81. The van der Waals surface area contributed by atoms with Crippen LogP contribution >= 0.6 is 0 Å². The second-order valence-electron chi connectivity index (χ2n) is 10.5. The first-order valence-electron chi connectivity index (χ1n) is 13.0. The molecule has 1 saturated carbocycles. The van der Waals surface area contributed by atoms with Crippen LogP contribution in [0, 0.1) is 17.7 Å². The molecule has 3 heterocycles. The van der Waals surface area contributed by atoms with E-state index in [0.717, 1.165) is 38.5 Å². The van der Waals surface area contributed by atoms with E-state index in [1.54, 1.807) is 6.07 Å². The molecule has 3 aliphatic rings. The van der Waals surface area contributed by atoms with Gasteiger partial charge in [0.1, 0.15) is 17.6 Å². The van der Waals surface area contributed by atoms with Crippen molar-refractivity contribution < 1.29 is 23.3 Å². The standard InChI is InChI=1S/C26H34FN5O4/c1-3-19-23(32-36-31-19)25(34)30-22(16-6-4-15(2)5-7-16)24(33)29-17-12-18(27)21-20(13-17)28-14-26(21)8-10-35-11-9-26/h12-13,15-16,22,28H,3-11,14H2,1-2H3,(H,29,33)(H,30,34). The van der Waals surface area contributed by atoms with Crippen molar-refractivity contribution in [2.45, 2.75) is 70.3 Å². The maximum Gasteiger partial charge on any atom is 0.276 e. The van der Waals surface area contributed by atoms with Gasteiger partial charge in [-0.05, 0) is 61.2 Å². The molecule has 36 heavy (non-hydrogen) atoms. The van der Waals surface area contributed by atoms with E-state index in [4.69, 9.17) is 9.37 Å². The molecule has 2 aliphatic heterocycles. The third kappa shape index (κ3) is 4.70. The number of hydrogen-bond acceptors (Lipinski definition) is 7. The highest BCUT2D eigenvalue weighted by atomic mass is 19.1. The van der Waals surface area contributed by atoms with Crippen molar-refractivity contribution >= 4 is 23.2 Å². The van der Waals surface area contributed by atoms with Crippen molar-refractivity contribution in [1.82, 2.24) is 15.6 Å². The Labute approximate surface area is 209 Å². The Morgan fingerprint density at radius 3 is 2.67 bits per heavy atom. The fourth-order valence-electron chi connectivity index (χ4n) is 5.96. The van der Waals surface area contributed by atoms with Gasteiger partial charge in [0.2, 0.25) is 5.91 Å². The molecular weight excluding hydrogens is 465 g/mol. The number of amides is 2. The highest BCUT2D eigenvalue weighted by Gasteiger charge is 2.43. The first-order chi connectivity index (χ1) is 17.4. The summed E-state index contributed by atoms with van der Waals surface area (Å²) in [5.41, 5.74) is 2.03. The van der Waals surface area contributed by atoms with Gasteiger partial charge in [0.15, 0.2) is 5.69 Å². The zero-order valence-corrected chi connectivity index (χ0v) is 20.9. The van der Waals surface area contributed by atoms with Crippen molar-refractivity contribution in [3.8, 4) is 0 Å². The molecule has 3 N–H and O–H groups in total. The fraction of sp³-hybridized carbons (Fsp3) is 0.615. The van der Waals surface area contributed by atoms with Gasteiger partial charge in [-0.2, -0.15) is 0 Å². The minimum absolute atomic E-state index is 0.0296. The van der Waals surface area contributed by atoms with E-state index in [1.807, 2.05) is 6.92 Å². The zero-order valence-electron chi connectivity index (χ0n) is 20.9. The lowest BCUT2D eigenvalue weighted by atomic mass is 9.75. The quantitative estimate of drug-likeness (QED) is 0.553. The van der Waals surface area contributed by atoms with Gasteiger partial charge >= 0.3 is 0 Å². The zero-order chi connectivity index (χ0) is 25.3. The first-order valence-corrected chi connectivity index (χ1v) is 13.0. The molecule has 10 heteroatoms. The van der Waals surface area contributed by atoms with Crippen molar-refractivity contribution in [3.05, 3.63) is 34.9 Å². The van der Waals surface area contributed by atoms with Gasteiger partial charge in [0.25, 0.3) is 5.91 Å². The number of hydrogen-bond donors (Lipinski definition) is 3. The molecule has 1 atom stereocenters. The summed E-state index contributed by atoms with van der Waals surface area (Å²) in [5.74, 6) is -0.631. The average molecular weight is 500 g/mol. The molecule has 0 radical (unpaired) electrons. The second-order valence-corrected chi connectivity index (χ2v) is 10.5. The Morgan fingerprint density at radius 1 is 1.19 bits per heavy atom. The van der Waals surface area contributed by atoms with Crippen LogP contribution in [-0.2, 0) is 21.4 Å². The minimum Gasteiger partial charge on any atom is -0.384 e. The molecule has 0 bridgehead atoms. The topological polar surface area (TPSA) is 118 Å². The number of aryl methyl sites for hydroxylation is 1. The largest absolute Gasteiger partial charge is 0.384 e. The van der Waals surface area contributed by atoms with Crippen LogP contribution in [0.3, 0.4) is 0 Å². The Balaban J connectivity index is 1.36. The maximum atomic E-state index is 15.4. The number of anilines is 2. The molecule has 1 spiro atoms. The first kappa shape index (κ1) is 24.7. The Bertz CT molecular complexity index is 1120. The minimum atomic E-state index is -0.780. The van der Waals surface area contributed by atoms with E-state index < -0.39 is 11.9 Å². The number of ether oxygens (including phenoxy) is 1. The van der Waals surface area contributed by atoms with Crippen LogP contribution in [0.5, 0.6) is 0 Å². The van der Waals surface area contributed by atoms with Gasteiger partial charge in [0.05, 0.1) is 0 Å². The van der Waals surface area contributed by atoms with E-state index in [-0.39, 0.29) is 28.8 Å². The molecular formula is C26H34FN5O4. The van der Waals surface area contributed by atoms with Gasteiger partial charge in [0, 0.05) is 42.1 Å². The van der Waals surface area contributed by atoms with Crippen molar-refractivity contribution in [3.63, 3.8) is 0 Å². The van der Waals surface area contributed by atoms with Gasteiger partial charge in [-0.1, -0.05) is 31.8 Å². The van der Waals surface area contributed by atoms with E-state index in [9.17, 15) is 9.59 Å². The van der Waals surface area contributed by atoms with E-state index in [0.29, 0.717) is 54.7 Å². The summed E-state index contributed by atoms with van der Waals surface area (Å²) in [6.07, 6.45) is 5.63. The van der Waals surface area contributed by atoms with Crippen LogP contribution in [0.25, 0.3) is 0 Å².